The number of thioether (sulfide) groups is 1. The SMILES string of the molecule is CN1c2cc(Cl)ccc2SCC1CC(=O)O. The minimum absolute atomic E-state index is 0.0356. The van der Waals surface area contributed by atoms with Gasteiger partial charge in [0.05, 0.1) is 12.1 Å². The molecule has 16 heavy (non-hydrogen) atoms. The van der Waals surface area contributed by atoms with Gasteiger partial charge in [0.2, 0.25) is 0 Å². The molecule has 0 fully saturated rings. The molecule has 0 radical (unpaired) electrons. The minimum atomic E-state index is -0.761. The molecule has 1 atom stereocenters. The van der Waals surface area contributed by atoms with E-state index in [1.165, 1.54) is 0 Å². The van der Waals surface area contributed by atoms with E-state index in [4.69, 9.17) is 16.7 Å². The number of anilines is 1. The second kappa shape index (κ2) is 4.55. The van der Waals surface area contributed by atoms with Crippen LogP contribution >= 0.6 is 23.4 Å². The molecule has 0 aliphatic carbocycles. The van der Waals surface area contributed by atoms with Gasteiger partial charge in [-0.25, -0.2) is 0 Å². The third kappa shape index (κ3) is 2.28. The van der Waals surface area contributed by atoms with E-state index in [-0.39, 0.29) is 12.5 Å². The van der Waals surface area contributed by atoms with Crippen molar-refractivity contribution in [2.45, 2.75) is 17.4 Å². The quantitative estimate of drug-likeness (QED) is 0.885. The fourth-order valence-corrected chi connectivity index (χ4v) is 3.17. The Balaban J connectivity index is 2.26. The van der Waals surface area contributed by atoms with Crippen molar-refractivity contribution < 1.29 is 9.90 Å². The molecule has 1 aliphatic rings. The van der Waals surface area contributed by atoms with Gasteiger partial charge in [0.15, 0.2) is 0 Å². The zero-order valence-corrected chi connectivity index (χ0v) is 10.4. The number of halogens is 1. The van der Waals surface area contributed by atoms with E-state index in [0.29, 0.717) is 5.02 Å². The molecule has 5 heteroatoms. The Kier molecular flexibility index (Phi) is 3.30. The van der Waals surface area contributed by atoms with E-state index >= 15 is 0 Å². The van der Waals surface area contributed by atoms with Gasteiger partial charge in [0.1, 0.15) is 0 Å². The average Bonchev–Trinajstić information content (AvgIpc) is 2.22. The minimum Gasteiger partial charge on any atom is -0.481 e. The Morgan fingerprint density at radius 1 is 1.69 bits per heavy atom. The molecule has 0 saturated carbocycles. The fraction of sp³-hybridized carbons (Fsp3) is 0.364. The Bertz CT molecular complexity index is 424. The number of hydrogen-bond donors (Lipinski definition) is 1. The number of aliphatic carboxylic acids is 1. The third-order valence-corrected chi connectivity index (χ3v) is 4.13. The van der Waals surface area contributed by atoms with Gasteiger partial charge in [-0.05, 0) is 18.2 Å². The summed E-state index contributed by atoms with van der Waals surface area (Å²) in [5.74, 6) is 0.0418. The van der Waals surface area contributed by atoms with E-state index in [1.807, 2.05) is 30.1 Å². The highest BCUT2D eigenvalue weighted by Crippen LogP contribution is 2.38. The standard InChI is InChI=1S/C11H12ClNO2S/c1-13-8(5-11(14)15)6-16-10-3-2-7(12)4-9(10)13/h2-4,8H,5-6H2,1H3,(H,14,15). The molecule has 0 amide bonds. The van der Waals surface area contributed by atoms with Crippen LogP contribution in [0, 0.1) is 0 Å². The summed E-state index contributed by atoms with van der Waals surface area (Å²) in [7, 11) is 1.92. The lowest BCUT2D eigenvalue weighted by Crippen LogP contribution is -2.38. The van der Waals surface area contributed by atoms with Crippen LogP contribution in [0.1, 0.15) is 6.42 Å². The van der Waals surface area contributed by atoms with Crippen molar-refractivity contribution in [3.8, 4) is 0 Å². The van der Waals surface area contributed by atoms with Crippen molar-refractivity contribution in [2.75, 3.05) is 17.7 Å². The number of carbonyl (C=O) groups is 1. The zero-order valence-electron chi connectivity index (χ0n) is 8.81. The number of benzene rings is 1. The molecule has 1 unspecified atom stereocenters. The lowest BCUT2D eigenvalue weighted by Gasteiger charge is -2.34. The van der Waals surface area contributed by atoms with Crippen molar-refractivity contribution in [3.63, 3.8) is 0 Å². The first-order chi connectivity index (χ1) is 7.58. The fourth-order valence-electron chi connectivity index (χ4n) is 1.78. The molecular formula is C11H12ClNO2S. The van der Waals surface area contributed by atoms with E-state index in [0.717, 1.165) is 16.3 Å². The van der Waals surface area contributed by atoms with Crippen molar-refractivity contribution in [2.24, 2.45) is 0 Å². The first kappa shape index (κ1) is 11.6. The Morgan fingerprint density at radius 2 is 2.44 bits per heavy atom. The normalized spacial score (nSPS) is 19.4. The van der Waals surface area contributed by atoms with Crippen LogP contribution in [0.2, 0.25) is 5.02 Å². The molecule has 86 valence electrons. The zero-order chi connectivity index (χ0) is 11.7. The number of carboxylic acid groups (broad SMARTS) is 1. The van der Waals surface area contributed by atoms with E-state index in [9.17, 15) is 4.79 Å². The second-order valence-corrected chi connectivity index (χ2v) is 5.28. The Hall–Kier alpha value is -0.870. The monoisotopic (exact) mass is 257 g/mol. The lowest BCUT2D eigenvalue weighted by molar-refractivity contribution is -0.137. The highest BCUT2D eigenvalue weighted by Gasteiger charge is 2.25. The summed E-state index contributed by atoms with van der Waals surface area (Å²) in [6.45, 7) is 0. The van der Waals surface area contributed by atoms with Crippen molar-refractivity contribution >= 4 is 35.0 Å². The highest BCUT2D eigenvalue weighted by atomic mass is 35.5. The molecule has 1 heterocycles. The van der Waals surface area contributed by atoms with Gasteiger partial charge in [-0.15, -0.1) is 11.8 Å². The predicted octanol–water partition coefficient (Wildman–Crippen LogP) is 2.73. The van der Waals surface area contributed by atoms with E-state index in [2.05, 4.69) is 0 Å². The summed E-state index contributed by atoms with van der Waals surface area (Å²) in [4.78, 5) is 13.9. The smallest absolute Gasteiger partial charge is 0.305 e. The maximum absolute atomic E-state index is 10.7. The molecule has 0 saturated heterocycles. The Labute approximate surface area is 103 Å². The molecule has 3 nitrogen and oxygen atoms in total. The van der Waals surface area contributed by atoms with Crippen molar-refractivity contribution in [1.29, 1.82) is 0 Å². The molecule has 0 bridgehead atoms. The summed E-state index contributed by atoms with van der Waals surface area (Å²) >= 11 is 7.63. The number of carboxylic acids is 1. The number of hydrogen-bond acceptors (Lipinski definition) is 3. The van der Waals surface area contributed by atoms with Crippen LogP contribution in [0.15, 0.2) is 23.1 Å². The summed E-state index contributed by atoms with van der Waals surface area (Å²) < 4.78 is 0. The van der Waals surface area contributed by atoms with Gasteiger partial charge >= 0.3 is 5.97 Å². The first-order valence-electron chi connectivity index (χ1n) is 4.95. The summed E-state index contributed by atoms with van der Waals surface area (Å²) in [6.07, 6.45) is 0.162. The van der Waals surface area contributed by atoms with E-state index < -0.39 is 5.97 Å². The van der Waals surface area contributed by atoms with Gasteiger partial charge in [0, 0.05) is 28.8 Å². The Morgan fingerprint density at radius 3 is 3.12 bits per heavy atom. The van der Waals surface area contributed by atoms with Gasteiger partial charge < -0.3 is 10.0 Å². The second-order valence-electron chi connectivity index (χ2n) is 3.79. The summed E-state index contributed by atoms with van der Waals surface area (Å²) in [6, 6.07) is 5.76. The molecule has 1 aromatic rings. The summed E-state index contributed by atoms with van der Waals surface area (Å²) in [5, 5.41) is 9.51. The van der Waals surface area contributed by atoms with Crippen LogP contribution in [0.25, 0.3) is 0 Å². The van der Waals surface area contributed by atoms with Gasteiger partial charge in [0.25, 0.3) is 0 Å². The largest absolute Gasteiger partial charge is 0.481 e. The van der Waals surface area contributed by atoms with Crippen LogP contribution in [0.3, 0.4) is 0 Å². The molecule has 1 aromatic carbocycles. The lowest BCUT2D eigenvalue weighted by atomic mass is 10.1. The topological polar surface area (TPSA) is 40.5 Å². The van der Waals surface area contributed by atoms with E-state index in [1.54, 1.807) is 11.8 Å². The average molecular weight is 258 g/mol. The van der Waals surface area contributed by atoms with Crippen LogP contribution in [0.4, 0.5) is 5.69 Å². The maximum atomic E-state index is 10.7. The number of fused-ring (bicyclic) bond motifs is 1. The third-order valence-electron chi connectivity index (χ3n) is 2.69. The molecular weight excluding hydrogens is 246 g/mol. The highest BCUT2D eigenvalue weighted by molar-refractivity contribution is 7.99. The van der Waals surface area contributed by atoms with Gasteiger partial charge in [-0.2, -0.15) is 0 Å². The number of rotatable bonds is 2. The maximum Gasteiger partial charge on any atom is 0.305 e. The molecule has 1 aliphatic heterocycles. The summed E-state index contributed by atoms with van der Waals surface area (Å²) in [5.41, 5.74) is 1.02. The molecule has 0 aromatic heterocycles. The van der Waals surface area contributed by atoms with Crippen LogP contribution in [0.5, 0.6) is 0 Å². The molecule has 2 rings (SSSR count). The molecule has 0 spiro atoms. The van der Waals surface area contributed by atoms with Crippen LogP contribution in [-0.2, 0) is 4.79 Å². The number of nitrogens with zero attached hydrogens (tertiary/aromatic N) is 1. The predicted molar refractivity (Wildman–Crippen MR) is 66.6 cm³/mol. The van der Waals surface area contributed by atoms with Crippen molar-refractivity contribution in [3.05, 3.63) is 23.2 Å². The van der Waals surface area contributed by atoms with Gasteiger partial charge in [-0.1, -0.05) is 11.6 Å². The van der Waals surface area contributed by atoms with Crippen molar-refractivity contribution in [1.82, 2.24) is 0 Å². The molecule has 1 N–H and O–H groups in total. The van der Waals surface area contributed by atoms with Crippen LogP contribution < -0.4 is 4.90 Å². The van der Waals surface area contributed by atoms with Gasteiger partial charge in [-0.3, -0.25) is 4.79 Å². The first-order valence-corrected chi connectivity index (χ1v) is 6.31. The van der Waals surface area contributed by atoms with Crippen LogP contribution in [-0.4, -0.2) is 29.9 Å².